The lowest BCUT2D eigenvalue weighted by Gasteiger charge is -2.35. The molecule has 0 aromatic carbocycles. The zero-order valence-corrected chi connectivity index (χ0v) is 13.6. The summed E-state index contributed by atoms with van der Waals surface area (Å²) in [7, 11) is 0. The number of carboxylic acids is 1. The third-order valence-corrected chi connectivity index (χ3v) is 4.68. The van der Waals surface area contributed by atoms with Crippen molar-refractivity contribution >= 4 is 23.6 Å². The first kappa shape index (κ1) is 16.8. The molecule has 2 rings (SSSR count). The molecule has 120 valence electrons. The van der Waals surface area contributed by atoms with E-state index in [9.17, 15) is 9.59 Å². The highest BCUT2D eigenvalue weighted by molar-refractivity contribution is 8.00. The Balaban J connectivity index is 2.11. The molecular weight excluding hydrogens is 300 g/mol. The second-order valence-electron chi connectivity index (χ2n) is 5.43. The molecule has 0 saturated carbocycles. The van der Waals surface area contributed by atoms with Crippen LogP contribution in [-0.2, 0) is 16.0 Å². The summed E-state index contributed by atoms with van der Waals surface area (Å²) in [5.41, 5.74) is 2.24. The minimum atomic E-state index is -0.885. The topological polar surface area (TPSA) is 70.5 Å². The first-order chi connectivity index (χ1) is 10.6. The Labute approximate surface area is 135 Å². The number of thioether (sulfide) groups is 1. The Kier molecular flexibility index (Phi) is 6.24. The van der Waals surface area contributed by atoms with Gasteiger partial charge >= 0.3 is 5.97 Å². The molecule has 0 saturated heterocycles. The molecule has 0 aliphatic heterocycles. The summed E-state index contributed by atoms with van der Waals surface area (Å²) in [6, 6.07) is 4.06. The van der Waals surface area contributed by atoms with Crippen molar-refractivity contribution in [3.05, 3.63) is 29.6 Å². The summed E-state index contributed by atoms with van der Waals surface area (Å²) in [6.45, 7) is 2.74. The van der Waals surface area contributed by atoms with E-state index in [0.29, 0.717) is 6.54 Å². The maximum Gasteiger partial charge on any atom is 0.313 e. The minimum Gasteiger partial charge on any atom is -0.481 e. The minimum absolute atomic E-state index is 0.0107. The third-order valence-electron chi connectivity index (χ3n) is 3.78. The van der Waals surface area contributed by atoms with Crippen LogP contribution in [0.15, 0.2) is 18.3 Å². The lowest BCUT2D eigenvalue weighted by molar-refractivity contribution is -0.133. The molecule has 0 fully saturated rings. The molecule has 1 heterocycles. The monoisotopic (exact) mass is 322 g/mol. The van der Waals surface area contributed by atoms with Crippen molar-refractivity contribution in [1.29, 1.82) is 0 Å². The highest BCUT2D eigenvalue weighted by Gasteiger charge is 2.29. The quantitative estimate of drug-likeness (QED) is 0.835. The zero-order chi connectivity index (χ0) is 15.9. The number of hydrogen-bond donors (Lipinski definition) is 1. The molecule has 1 aliphatic rings. The van der Waals surface area contributed by atoms with Crippen molar-refractivity contribution in [3.63, 3.8) is 0 Å². The summed E-state index contributed by atoms with van der Waals surface area (Å²) in [5, 5.41) is 8.69. The molecule has 0 radical (unpaired) electrons. The van der Waals surface area contributed by atoms with Crippen LogP contribution in [0.1, 0.15) is 43.5 Å². The number of aliphatic carboxylic acids is 1. The predicted octanol–water partition coefficient (Wildman–Crippen LogP) is 2.52. The number of carbonyl (C=O) groups is 2. The smallest absolute Gasteiger partial charge is 0.313 e. The SMILES string of the molecule is CCCN(C(=O)CSCC(=O)O)C1CCCc2cccnc21. The van der Waals surface area contributed by atoms with E-state index in [-0.39, 0.29) is 23.5 Å². The second-order valence-corrected chi connectivity index (χ2v) is 6.42. The standard InChI is InChI=1S/C16H22N2O3S/c1-2-9-18(14(19)10-22-11-15(20)21)13-7-3-5-12-6-4-8-17-16(12)13/h4,6,8,13H,2-3,5,7,9-11H2,1H3,(H,20,21). The fraction of sp³-hybridized carbons (Fsp3) is 0.562. The number of nitrogens with zero attached hydrogens (tertiary/aromatic N) is 2. The number of hydrogen-bond acceptors (Lipinski definition) is 4. The van der Waals surface area contributed by atoms with Gasteiger partial charge < -0.3 is 10.0 Å². The molecule has 6 heteroatoms. The number of pyridine rings is 1. The van der Waals surface area contributed by atoms with Gasteiger partial charge in [0.2, 0.25) is 5.91 Å². The fourth-order valence-electron chi connectivity index (χ4n) is 2.89. The van der Waals surface area contributed by atoms with E-state index >= 15 is 0 Å². The molecule has 1 atom stereocenters. The van der Waals surface area contributed by atoms with Gasteiger partial charge in [-0.3, -0.25) is 14.6 Å². The van der Waals surface area contributed by atoms with Gasteiger partial charge in [-0.15, -0.1) is 11.8 Å². The van der Waals surface area contributed by atoms with Crippen LogP contribution in [0, 0.1) is 0 Å². The van der Waals surface area contributed by atoms with Crippen LogP contribution >= 0.6 is 11.8 Å². The Bertz CT molecular complexity index is 536. The number of carboxylic acid groups (broad SMARTS) is 1. The van der Waals surface area contributed by atoms with Gasteiger partial charge in [-0.25, -0.2) is 0 Å². The lowest BCUT2D eigenvalue weighted by Crippen LogP contribution is -2.39. The van der Waals surface area contributed by atoms with E-state index in [2.05, 4.69) is 11.1 Å². The summed E-state index contributed by atoms with van der Waals surface area (Å²) >= 11 is 1.16. The van der Waals surface area contributed by atoms with Gasteiger partial charge in [0.05, 0.1) is 23.2 Å². The summed E-state index contributed by atoms with van der Waals surface area (Å²) < 4.78 is 0. The van der Waals surface area contributed by atoms with Gasteiger partial charge in [0, 0.05) is 12.7 Å². The van der Waals surface area contributed by atoms with Crippen LogP contribution in [0.4, 0.5) is 0 Å². The molecule has 1 aliphatic carbocycles. The molecule has 1 N–H and O–H groups in total. The normalized spacial score (nSPS) is 16.9. The zero-order valence-electron chi connectivity index (χ0n) is 12.8. The molecule has 1 aromatic heterocycles. The van der Waals surface area contributed by atoms with Crippen molar-refractivity contribution in [2.45, 2.75) is 38.6 Å². The van der Waals surface area contributed by atoms with Crippen LogP contribution in [0.3, 0.4) is 0 Å². The van der Waals surface area contributed by atoms with Crippen LogP contribution < -0.4 is 0 Å². The number of carbonyl (C=O) groups excluding carboxylic acids is 1. The predicted molar refractivity (Wildman–Crippen MR) is 86.9 cm³/mol. The maximum absolute atomic E-state index is 12.5. The van der Waals surface area contributed by atoms with Gasteiger partial charge in [-0.2, -0.15) is 0 Å². The van der Waals surface area contributed by atoms with E-state index in [1.165, 1.54) is 5.56 Å². The highest BCUT2D eigenvalue weighted by atomic mass is 32.2. The van der Waals surface area contributed by atoms with Gasteiger partial charge in [0.15, 0.2) is 0 Å². The van der Waals surface area contributed by atoms with Gasteiger partial charge in [-0.05, 0) is 37.3 Å². The molecule has 1 amide bonds. The van der Waals surface area contributed by atoms with E-state index < -0.39 is 5.97 Å². The van der Waals surface area contributed by atoms with Crippen LogP contribution in [0.2, 0.25) is 0 Å². The number of rotatable bonds is 7. The van der Waals surface area contributed by atoms with Crippen LogP contribution in [0.25, 0.3) is 0 Å². The van der Waals surface area contributed by atoms with Crippen molar-refractivity contribution in [3.8, 4) is 0 Å². The molecule has 1 unspecified atom stereocenters. The average molecular weight is 322 g/mol. The summed E-state index contributed by atoms with van der Waals surface area (Å²) in [4.78, 5) is 29.5. The van der Waals surface area contributed by atoms with Crippen molar-refractivity contribution in [1.82, 2.24) is 9.88 Å². The first-order valence-corrected chi connectivity index (χ1v) is 8.81. The van der Waals surface area contributed by atoms with Gasteiger partial charge in [-0.1, -0.05) is 13.0 Å². The van der Waals surface area contributed by atoms with Crippen molar-refractivity contribution < 1.29 is 14.7 Å². The van der Waals surface area contributed by atoms with E-state index in [0.717, 1.165) is 43.1 Å². The first-order valence-electron chi connectivity index (χ1n) is 7.66. The Morgan fingerprint density at radius 2 is 2.27 bits per heavy atom. The molecule has 5 nitrogen and oxygen atoms in total. The lowest BCUT2D eigenvalue weighted by atomic mass is 9.90. The number of aryl methyl sites for hydroxylation is 1. The van der Waals surface area contributed by atoms with Crippen LogP contribution in [-0.4, -0.2) is 44.9 Å². The van der Waals surface area contributed by atoms with Crippen LogP contribution in [0.5, 0.6) is 0 Å². The number of aromatic nitrogens is 1. The molecular formula is C16H22N2O3S. The number of fused-ring (bicyclic) bond motifs is 1. The van der Waals surface area contributed by atoms with E-state index in [4.69, 9.17) is 5.11 Å². The molecule has 1 aromatic rings. The van der Waals surface area contributed by atoms with E-state index in [1.54, 1.807) is 6.20 Å². The van der Waals surface area contributed by atoms with Gasteiger partial charge in [0.1, 0.15) is 0 Å². The Hall–Kier alpha value is -1.56. The number of amides is 1. The highest BCUT2D eigenvalue weighted by Crippen LogP contribution is 2.33. The summed E-state index contributed by atoms with van der Waals surface area (Å²) in [5.74, 6) is -0.697. The second kappa shape index (κ2) is 8.17. The Morgan fingerprint density at radius 1 is 1.45 bits per heavy atom. The molecule has 22 heavy (non-hydrogen) atoms. The largest absolute Gasteiger partial charge is 0.481 e. The fourth-order valence-corrected chi connectivity index (χ4v) is 3.51. The molecule has 0 spiro atoms. The van der Waals surface area contributed by atoms with E-state index in [1.807, 2.05) is 17.9 Å². The van der Waals surface area contributed by atoms with Crippen molar-refractivity contribution in [2.24, 2.45) is 0 Å². The average Bonchev–Trinajstić information content (AvgIpc) is 2.51. The van der Waals surface area contributed by atoms with Crippen molar-refractivity contribution in [2.75, 3.05) is 18.1 Å². The maximum atomic E-state index is 12.5. The third kappa shape index (κ3) is 4.22. The Morgan fingerprint density at radius 3 is 3.00 bits per heavy atom. The molecule has 0 bridgehead atoms. The van der Waals surface area contributed by atoms with Gasteiger partial charge in [0.25, 0.3) is 0 Å². The summed E-state index contributed by atoms with van der Waals surface area (Å²) in [6.07, 6.45) is 5.67.